The molecule has 4 aliphatic rings. The first-order valence-electron chi connectivity index (χ1n) is 22.7. The summed E-state index contributed by atoms with van der Waals surface area (Å²) >= 11 is 0. The molecule has 0 atom stereocenters. The van der Waals surface area contributed by atoms with Crippen LogP contribution in [0.4, 0.5) is 17.1 Å². The third-order valence-electron chi connectivity index (χ3n) is 15.2. The van der Waals surface area contributed by atoms with Crippen LogP contribution < -0.4 is 25.6 Å². The lowest BCUT2D eigenvalue weighted by Crippen LogP contribution is -2.71. The molecular formula is C61H49NSi. The van der Waals surface area contributed by atoms with E-state index >= 15 is 0 Å². The molecule has 0 saturated carbocycles. The molecule has 9 aromatic rings. The van der Waals surface area contributed by atoms with Crippen molar-refractivity contribution in [2.75, 3.05) is 4.90 Å². The van der Waals surface area contributed by atoms with Gasteiger partial charge in [0.2, 0.25) is 0 Å². The lowest BCUT2D eigenvalue weighted by molar-refractivity contribution is 0.590. The highest BCUT2D eigenvalue weighted by molar-refractivity contribution is 7.24. The Hall–Kier alpha value is -6.74. The van der Waals surface area contributed by atoms with Crippen molar-refractivity contribution in [2.24, 2.45) is 0 Å². The third kappa shape index (κ3) is 4.67. The average molecular weight is 824 g/mol. The van der Waals surface area contributed by atoms with Gasteiger partial charge in [0.05, 0.1) is 16.8 Å². The summed E-state index contributed by atoms with van der Waals surface area (Å²) in [6.07, 6.45) is 0. The van der Waals surface area contributed by atoms with Crippen LogP contribution in [0.2, 0.25) is 0 Å². The molecule has 3 heterocycles. The molecule has 1 nitrogen and oxygen atoms in total. The van der Waals surface area contributed by atoms with E-state index in [1.165, 1.54) is 115 Å². The van der Waals surface area contributed by atoms with Crippen LogP contribution in [0, 0.1) is 0 Å². The molecule has 9 aromatic carbocycles. The Labute approximate surface area is 372 Å². The molecule has 13 rings (SSSR count). The van der Waals surface area contributed by atoms with E-state index in [1.54, 1.807) is 0 Å². The summed E-state index contributed by atoms with van der Waals surface area (Å²) in [6, 6.07) is 73.3. The summed E-state index contributed by atoms with van der Waals surface area (Å²) in [5.74, 6) is 0. The molecular weight excluding hydrogens is 775 g/mol. The highest BCUT2D eigenvalue weighted by Gasteiger charge is 2.56. The minimum Gasteiger partial charge on any atom is -0.310 e. The van der Waals surface area contributed by atoms with Gasteiger partial charge in [-0.1, -0.05) is 199 Å². The van der Waals surface area contributed by atoms with Gasteiger partial charge in [-0.05, 0) is 139 Å². The van der Waals surface area contributed by atoms with Crippen LogP contribution in [0.3, 0.4) is 0 Å². The molecule has 1 aliphatic carbocycles. The van der Waals surface area contributed by atoms with Crippen molar-refractivity contribution in [3.63, 3.8) is 0 Å². The zero-order valence-corrected chi connectivity index (χ0v) is 37.8. The first-order chi connectivity index (χ1) is 30.5. The second-order valence-corrected chi connectivity index (χ2v) is 24.1. The van der Waals surface area contributed by atoms with Crippen molar-refractivity contribution in [1.82, 2.24) is 0 Å². The molecule has 2 heteroatoms. The van der Waals surface area contributed by atoms with Crippen LogP contribution in [0.1, 0.15) is 74.9 Å². The maximum atomic E-state index is 2.64. The second kappa shape index (κ2) is 12.5. The Kier molecular flexibility index (Phi) is 7.29. The van der Waals surface area contributed by atoms with E-state index in [1.807, 2.05) is 0 Å². The molecule has 0 aromatic heterocycles. The smallest absolute Gasteiger partial charge is 0.182 e. The first kappa shape index (κ1) is 36.9. The standard InChI is InChI=1S/C61H49NSi/c1-59(2,3)40-27-30-45-46-31-28-41(60(4,5)6)36-57(46)63(56(45)35-40)55-34-39-18-8-7-17-38(39)33-48(55)47-32-29-42(37-58(47)63)62-53-25-15-13-23-51(53)61(52-24-14-16-26-54(52)62)49-21-11-9-19-43(49)44-20-10-12-22-50(44)61/h7-37H,1-6H3. The van der Waals surface area contributed by atoms with E-state index in [0.29, 0.717) is 0 Å². The summed E-state index contributed by atoms with van der Waals surface area (Å²) in [5.41, 5.74) is 19.6. The quantitative estimate of drug-likeness (QED) is 0.149. The Morgan fingerprint density at radius 3 is 1.30 bits per heavy atom. The normalized spacial score (nSPS) is 15.4. The Morgan fingerprint density at radius 2 is 0.762 bits per heavy atom. The highest BCUT2D eigenvalue weighted by atomic mass is 28.3. The Bertz CT molecular complexity index is 3290. The zero-order chi connectivity index (χ0) is 42.6. The Morgan fingerprint density at radius 1 is 0.349 bits per heavy atom. The maximum Gasteiger partial charge on any atom is 0.182 e. The van der Waals surface area contributed by atoms with E-state index in [2.05, 4.69) is 234 Å². The predicted octanol–water partition coefficient (Wildman–Crippen LogP) is 12.9. The fraction of sp³-hybridized carbons (Fsp3) is 0.148. The molecule has 0 unspecified atom stereocenters. The van der Waals surface area contributed by atoms with Crippen molar-refractivity contribution in [1.29, 1.82) is 0 Å². The van der Waals surface area contributed by atoms with Crippen molar-refractivity contribution in [2.45, 2.75) is 57.8 Å². The van der Waals surface area contributed by atoms with Gasteiger partial charge in [-0.25, -0.2) is 0 Å². The third-order valence-corrected chi connectivity index (χ3v) is 20.1. The molecule has 0 fully saturated rings. The van der Waals surface area contributed by atoms with Gasteiger partial charge in [0.25, 0.3) is 0 Å². The summed E-state index contributed by atoms with van der Waals surface area (Å²) < 4.78 is 0. The lowest BCUT2D eigenvalue weighted by Gasteiger charge is -2.45. The fourth-order valence-corrected chi connectivity index (χ4v) is 18.0. The predicted molar refractivity (Wildman–Crippen MR) is 268 cm³/mol. The molecule has 0 N–H and O–H groups in total. The molecule has 63 heavy (non-hydrogen) atoms. The largest absolute Gasteiger partial charge is 0.310 e. The van der Waals surface area contributed by atoms with Crippen molar-refractivity contribution >= 4 is 56.7 Å². The molecule has 0 saturated heterocycles. The molecule has 3 aliphatic heterocycles. The van der Waals surface area contributed by atoms with Crippen LogP contribution >= 0.6 is 0 Å². The summed E-state index contributed by atoms with van der Waals surface area (Å²) in [5, 5.41) is 8.68. The molecule has 0 amide bonds. The van der Waals surface area contributed by atoms with Gasteiger partial charge in [0, 0.05) is 5.69 Å². The first-order valence-corrected chi connectivity index (χ1v) is 24.7. The molecule has 2 spiro atoms. The van der Waals surface area contributed by atoms with Gasteiger partial charge in [0.1, 0.15) is 0 Å². The second-order valence-electron chi connectivity index (χ2n) is 20.5. The number of rotatable bonds is 1. The van der Waals surface area contributed by atoms with Gasteiger partial charge in [-0.15, -0.1) is 0 Å². The number of nitrogens with zero attached hydrogens (tertiary/aromatic N) is 1. The highest BCUT2D eigenvalue weighted by Crippen LogP contribution is 2.63. The van der Waals surface area contributed by atoms with Crippen LogP contribution in [0.5, 0.6) is 0 Å². The topological polar surface area (TPSA) is 3.24 Å². The molecule has 0 radical (unpaired) electrons. The van der Waals surface area contributed by atoms with Crippen molar-refractivity contribution in [3.8, 4) is 33.4 Å². The van der Waals surface area contributed by atoms with Gasteiger partial charge in [-0.2, -0.15) is 0 Å². The number of hydrogen-bond acceptors (Lipinski definition) is 1. The fourth-order valence-electron chi connectivity index (χ4n) is 12.3. The number of fused-ring (bicyclic) bond motifs is 20. The molecule has 0 bridgehead atoms. The van der Waals surface area contributed by atoms with Crippen molar-refractivity contribution < 1.29 is 0 Å². The van der Waals surface area contributed by atoms with E-state index < -0.39 is 13.5 Å². The number of para-hydroxylation sites is 2. The van der Waals surface area contributed by atoms with E-state index in [-0.39, 0.29) is 10.8 Å². The average Bonchev–Trinajstić information content (AvgIpc) is 3.87. The number of anilines is 3. The van der Waals surface area contributed by atoms with Crippen LogP contribution in [-0.2, 0) is 16.2 Å². The summed E-state index contributed by atoms with van der Waals surface area (Å²) in [6.45, 7) is 14.2. The monoisotopic (exact) mass is 823 g/mol. The van der Waals surface area contributed by atoms with Gasteiger partial charge in [-0.3, -0.25) is 0 Å². The van der Waals surface area contributed by atoms with Gasteiger partial charge >= 0.3 is 0 Å². The lowest BCUT2D eigenvalue weighted by atomic mass is 9.64. The number of benzene rings is 9. The maximum absolute atomic E-state index is 2.92. The summed E-state index contributed by atoms with van der Waals surface area (Å²) in [4.78, 5) is 2.59. The Balaban J connectivity index is 1.13. The van der Waals surface area contributed by atoms with E-state index in [9.17, 15) is 0 Å². The summed E-state index contributed by atoms with van der Waals surface area (Å²) in [7, 11) is -2.92. The van der Waals surface area contributed by atoms with Crippen LogP contribution in [0.25, 0.3) is 44.2 Å². The minimum absolute atomic E-state index is 0.000116. The zero-order valence-electron chi connectivity index (χ0n) is 36.8. The minimum atomic E-state index is -2.92. The van der Waals surface area contributed by atoms with Crippen LogP contribution in [-0.4, -0.2) is 8.07 Å². The molecule has 302 valence electrons. The van der Waals surface area contributed by atoms with Gasteiger partial charge in [0.15, 0.2) is 8.07 Å². The van der Waals surface area contributed by atoms with Crippen molar-refractivity contribution in [3.05, 3.63) is 221 Å². The van der Waals surface area contributed by atoms with E-state index in [0.717, 1.165) is 0 Å². The van der Waals surface area contributed by atoms with E-state index in [4.69, 9.17) is 0 Å². The van der Waals surface area contributed by atoms with Gasteiger partial charge < -0.3 is 4.90 Å². The SMILES string of the molecule is CC(C)(C)c1ccc2c(c1)[Si]1(c3cc(N4c5ccccc5C5(c6ccccc6-c6ccccc65)c5ccccc54)ccc3-c3cc4ccccc4cc31)c1cc(C(C)(C)C)ccc1-2. The number of hydrogen-bond donors (Lipinski definition) is 0. The van der Waals surface area contributed by atoms with Crippen LogP contribution in [0.15, 0.2) is 188 Å².